The van der Waals surface area contributed by atoms with E-state index in [2.05, 4.69) is 31.1 Å². The number of nitrogens with zero attached hydrogens (tertiary/aromatic N) is 1. The molecule has 3 unspecified atom stereocenters. The van der Waals surface area contributed by atoms with Crippen molar-refractivity contribution in [2.75, 3.05) is 13.2 Å². The third kappa shape index (κ3) is 2.73. The van der Waals surface area contributed by atoms with Gasteiger partial charge in [-0.2, -0.15) is 0 Å². The summed E-state index contributed by atoms with van der Waals surface area (Å²) in [4.78, 5) is 4.34. The molecule has 1 fully saturated rings. The lowest BCUT2D eigenvalue weighted by atomic mass is 9.56. The van der Waals surface area contributed by atoms with Gasteiger partial charge in [-0.25, -0.2) is 0 Å². The number of ether oxygens (including phenoxy) is 1. The van der Waals surface area contributed by atoms with E-state index < -0.39 is 5.60 Å². The highest BCUT2D eigenvalue weighted by atomic mass is 16.5. The topological polar surface area (TPSA) is 54.4 Å². The van der Waals surface area contributed by atoms with Crippen molar-refractivity contribution in [3.8, 4) is 0 Å². The van der Waals surface area contributed by atoms with E-state index in [-0.39, 0.29) is 17.6 Å². The number of hydrogen-bond acceptors (Lipinski definition) is 4. The molecule has 1 heterocycles. The van der Waals surface area contributed by atoms with Gasteiger partial charge in [0.15, 0.2) is 0 Å². The lowest BCUT2D eigenvalue weighted by molar-refractivity contribution is -0.238. The maximum atomic E-state index is 10.8. The quantitative estimate of drug-likeness (QED) is 0.838. The first-order valence-corrected chi connectivity index (χ1v) is 7.39. The number of aromatic nitrogens is 1. The molecule has 1 aliphatic carbocycles. The van der Waals surface area contributed by atoms with Crippen LogP contribution in [-0.2, 0) is 4.74 Å². The Bertz CT molecular complexity index is 435. The first-order chi connectivity index (χ1) is 9.40. The van der Waals surface area contributed by atoms with Gasteiger partial charge >= 0.3 is 0 Å². The zero-order valence-electron chi connectivity index (χ0n) is 12.9. The minimum atomic E-state index is -0.712. The maximum Gasteiger partial charge on any atom is 0.0871 e. The highest BCUT2D eigenvalue weighted by molar-refractivity contribution is 5.13. The van der Waals surface area contributed by atoms with Gasteiger partial charge in [-0.3, -0.25) is 4.98 Å². The monoisotopic (exact) mass is 278 g/mol. The third-order valence-electron chi connectivity index (χ3n) is 4.73. The molecule has 4 heteroatoms. The summed E-state index contributed by atoms with van der Waals surface area (Å²) in [6, 6.07) is 6.01. The summed E-state index contributed by atoms with van der Waals surface area (Å²) >= 11 is 0. The molecule has 1 saturated carbocycles. The molecular weight excluding hydrogens is 252 g/mol. The average Bonchev–Trinajstić information content (AvgIpc) is 2.45. The van der Waals surface area contributed by atoms with Crippen LogP contribution in [0.15, 0.2) is 24.4 Å². The van der Waals surface area contributed by atoms with E-state index in [4.69, 9.17) is 4.74 Å². The third-order valence-corrected chi connectivity index (χ3v) is 4.73. The Balaban J connectivity index is 1.91. The van der Waals surface area contributed by atoms with Crippen molar-refractivity contribution < 1.29 is 9.84 Å². The van der Waals surface area contributed by atoms with Gasteiger partial charge in [0.1, 0.15) is 0 Å². The molecule has 2 rings (SSSR count). The smallest absolute Gasteiger partial charge is 0.0871 e. The normalized spacial score (nSPS) is 29.8. The number of pyridine rings is 1. The lowest BCUT2D eigenvalue weighted by Gasteiger charge is -2.58. The standard InChI is InChI=1S/C16H26N2O2/c1-5-20-14-10-16(19,15(14,3)4)11-18-12(2)13-8-6-7-9-17-13/h6-9,12,14,18-19H,5,10-11H2,1-4H3. The molecule has 0 saturated heterocycles. The zero-order chi connectivity index (χ0) is 14.8. The first-order valence-electron chi connectivity index (χ1n) is 7.39. The van der Waals surface area contributed by atoms with Crippen molar-refractivity contribution in [3.63, 3.8) is 0 Å². The maximum absolute atomic E-state index is 10.8. The van der Waals surface area contributed by atoms with Crippen LogP contribution in [-0.4, -0.2) is 34.9 Å². The van der Waals surface area contributed by atoms with Gasteiger partial charge in [-0.1, -0.05) is 19.9 Å². The second-order valence-electron chi connectivity index (χ2n) is 6.26. The van der Waals surface area contributed by atoms with Gasteiger partial charge in [0.25, 0.3) is 0 Å². The second-order valence-corrected chi connectivity index (χ2v) is 6.26. The Labute approximate surface area is 121 Å². The van der Waals surface area contributed by atoms with Crippen LogP contribution >= 0.6 is 0 Å². The highest BCUT2D eigenvalue weighted by Gasteiger charge is 2.59. The Morgan fingerprint density at radius 3 is 2.80 bits per heavy atom. The first kappa shape index (κ1) is 15.4. The molecule has 2 N–H and O–H groups in total. The molecule has 0 amide bonds. The van der Waals surface area contributed by atoms with Crippen LogP contribution in [0.25, 0.3) is 0 Å². The fourth-order valence-electron chi connectivity index (χ4n) is 2.82. The molecule has 20 heavy (non-hydrogen) atoms. The fourth-order valence-corrected chi connectivity index (χ4v) is 2.82. The Morgan fingerprint density at radius 1 is 1.50 bits per heavy atom. The van der Waals surface area contributed by atoms with Gasteiger partial charge < -0.3 is 15.2 Å². The van der Waals surface area contributed by atoms with E-state index >= 15 is 0 Å². The lowest BCUT2D eigenvalue weighted by Crippen LogP contribution is -2.68. The van der Waals surface area contributed by atoms with E-state index in [9.17, 15) is 5.11 Å². The van der Waals surface area contributed by atoms with Gasteiger partial charge in [0, 0.05) is 37.2 Å². The van der Waals surface area contributed by atoms with Crippen LogP contribution in [0, 0.1) is 5.41 Å². The van der Waals surface area contributed by atoms with Crippen LogP contribution in [0.1, 0.15) is 45.9 Å². The molecule has 3 atom stereocenters. The predicted molar refractivity (Wildman–Crippen MR) is 79.4 cm³/mol. The number of hydrogen-bond donors (Lipinski definition) is 2. The van der Waals surface area contributed by atoms with E-state index in [1.807, 2.05) is 25.1 Å². The summed E-state index contributed by atoms with van der Waals surface area (Å²) in [5.41, 5.74) is 0.0602. The van der Waals surface area contributed by atoms with Gasteiger partial charge in [-0.15, -0.1) is 0 Å². The minimum Gasteiger partial charge on any atom is -0.388 e. The van der Waals surface area contributed by atoms with E-state index in [0.717, 1.165) is 5.69 Å². The van der Waals surface area contributed by atoms with E-state index in [0.29, 0.717) is 19.6 Å². The van der Waals surface area contributed by atoms with Crippen LogP contribution in [0.5, 0.6) is 0 Å². The number of nitrogens with one attached hydrogen (secondary N) is 1. The Hall–Kier alpha value is -0.970. The molecule has 1 aromatic rings. The molecular formula is C16H26N2O2. The summed E-state index contributed by atoms with van der Waals surface area (Å²) in [6.07, 6.45) is 2.63. The fraction of sp³-hybridized carbons (Fsp3) is 0.688. The van der Waals surface area contributed by atoms with Crippen LogP contribution in [0.3, 0.4) is 0 Å². The van der Waals surface area contributed by atoms with E-state index in [1.165, 1.54) is 0 Å². The zero-order valence-corrected chi connectivity index (χ0v) is 12.9. The average molecular weight is 278 g/mol. The molecule has 0 radical (unpaired) electrons. The van der Waals surface area contributed by atoms with Crippen molar-refractivity contribution >= 4 is 0 Å². The van der Waals surface area contributed by atoms with Crippen LogP contribution in [0.4, 0.5) is 0 Å². The SMILES string of the molecule is CCOC1CC(O)(CNC(C)c2ccccn2)C1(C)C. The summed E-state index contributed by atoms with van der Waals surface area (Å²) < 4.78 is 5.68. The Morgan fingerprint density at radius 2 is 2.25 bits per heavy atom. The van der Waals surface area contributed by atoms with Gasteiger partial charge in [0.2, 0.25) is 0 Å². The molecule has 1 aromatic heterocycles. The summed E-state index contributed by atoms with van der Waals surface area (Å²) in [5, 5.41) is 14.2. The van der Waals surface area contributed by atoms with Crippen molar-refractivity contribution in [1.29, 1.82) is 0 Å². The minimum absolute atomic E-state index is 0.127. The molecule has 0 aromatic carbocycles. The summed E-state index contributed by atoms with van der Waals surface area (Å²) in [6.45, 7) is 9.46. The van der Waals surface area contributed by atoms with Crippen LogP contribution in [0.2, 0.25) is 0 Å². The Kier molecular flexibility index (Phi) is 4.47. The van der Waals surface area contributed by atoms with Crippen LogP contribution < -0.4 is 5.32 Å². The van der Waals surface area contributed by atoms with Crippen molar-refractivity contribution in [3.05, 3.63) is 30.1 Å². The summed E-state index contributed by atoms with van der Waals surface area (Å²) in [7, 11) is 0. The molecule has 4 nitrogen and oxygen atoms in total. The van der Waals surface area contributed by atoms with E-state index in [1.54, 1.807) is 6.20 Å². The van der Waals surface area contributed by atoms with Gasteiger partial charge in [0.05, 0.1) is 17.4 Å². The highest BCUT2D eigenvalue weighted by Crippen LogP contribution is 2.51. The molecule has 1 aliphatic rings. The van der Waals surface area contributed by atoms with Crippen molar-refractivity contribution in [1.82, 2.24) is 10.3 Å². The number of rotatable bonds is 6. The predicted octanol–water partition coefficient (Wildman–Crippen LogP) is 2.30. The molecule has 0 spiro atoms. The summed E-state index contributed by atoms with van der Waals surface area (Å²) in [5.74, 6) is 0. The second kappa shape index (κ2) is 5.80. The molecule has 0 bridgehead atoms. The molecule has 0 aliphatic heterocycles. The van der Waals surface area contributed by atoms with Crippen molar-refractivity contribution in [2.24, 2.45) is 5.41 Å². The number of aliphatic hydroxyl groups is 1. The van der Waals surface area contributed by atoms with Gasteiger partial charge in [-0.05, 0) is 26.0 Å². The molecule has 112 valence electrons. The largest absolute Gasteiger partial charge is 0.388 e. The van der Waals surface area contributed by atoms with Crippen molar-refractivity contribution in [2.45, 2.75) is 51.9 Å².